The van der Waals surface area contributed by atoms with E-state index in [-0.39, 0.29) is 12.6 Å². The Balaban J connectivity index is 2.23. The van der Waals surface area contributed by atoms with Crippen molar-refractivity contribution in [1.82, 2.24) is 4.90 Å². The number of aliphatic hydroxyl groups excluding tert-OH is 1. The molecule has 0 saturated heterocycles. The molecule has 3 rings (SSSR count). The van der Waals surface area contributed by atoms with E-state index < -0.39 is 5.72 Å². The zero-order chi connectivity index (χ0) is 23.8. The number of aryl methyl sites for hydroxylation is 1. The minimum absolute atomic E-state index is 0.0836. The Morgan fingerprint density at radius 3 is 2.15 bits per heavy atom. The maximum absolute atomic E-state index is 12.8. The van der Waals surface area contributed by atoms with Crippen LogP contribution in [-0.2, 0) is 15.3 Å². The first kappa shape index (κ1) is 25.3. The molecule has 0 aliphatic carbocycles. The van der Waals surface area contributed by atoms with Crippen LogP contribution in [0.1, 0.15) is 48.1 Å². The second kappa shape index (κ2) is 11.7. The second-order valence-corrected chi connectivity index (χ2v) is 8.86. The van der Waals surface area contributed by atoms with Gasteiger partial charge in [-0.1, -0.05) is 71.7 Å². The van der Waals surface area contributed by atoms with E-state index >= 15 is 0 Å². The molecule has 6 heteroatoms. The van der Waals surface area contributed by atoms with Gasteiger partial charge in [0.1, 0.15) is 0 Å². The van der Waals surface area contributed by atoms with Crippen LogP contribution in [-0.4, -0.2) is 29.6 Å². The lowest BCUT2D eigenvalue weighted by atomic mass is 9.87. The van der Waals surface area contributed by atoms with Crippen molar-refractivity contribution in [2.24, 2.45) is 0 Å². The maximum Gasteiger partial charge on any atom is 0.213 e. The third-order valence-corrected chi connectivity index (χ3v) is 6.36. The summed E-state index contributed by atoms with van der Waals surface area (Å²) in [7, 11) is 0. The van der Waals surface area contributed by atoms with Gasteiger partial charge in [-0.05, 0) is 62.1 Å². The number of hydrogen-bond donors (Lipinski definition) is 1. The molecule has 3 aromatic carbocycles. The Bertz CT molecular complexity index is 1040. The molecule has 4 nitrogen and oxygen atoms in total. The number of carbonyl (C=O) groups excluding carboxylic acids is 1. The van der Waals surface area contributed by atoms with Gasteiger partial charge in [-0.3, -0.25) is 4.79 Å². The number of benzene rings is 3. The van der Waals surface area contributed by atoms with Gasteiger partial charge in [-0.2, -0.15) is 0 Å². The van der Waals surface area contributed by atoms with Crippen LogP contribution >= 0.6 is 23.2 Å². The van der Waals surface area contributed by atoms with Crippen LogP contribution in [0.2, 0.25) is 10.0 Å². The largest absolute Gasteiger partial charge is 0.396 e. The summed E-state index contributed by atoms with van der Waals surface area (Å²) in [5, 5.41) is 10.5. The number of amides is 1. The number of unbranched alkanes of at least 4 members (excludes halogenated alkanes) is 1. The van der Waals surface area contributed by atoms with Gasteiger partial charge in [-0.25, -0.2) is 0 Å². The van der Waals surface area contributed by atoms with Crippen molar-refractivity contribution < 1.29 is 14.6 Å². The van der Waals surface area contributed by atoms with Crippen molar-refractivity contribution in [3.63, 3.8) is 0 Å². The molecule has 0 aromatic heterocycles. The van der Waals surface area contributed by atoms with E-state index in [1.807, 2.05) is 74.5 Å². The van der Waals surface area contributed by atoms with Crippen LogP contribution < -0.4 is 0 Å². The average Bonchev–Trinajstić information content (AvgIpc) is 2.82. The van der Waals surface area contributed by atoms with Gasteiger partial charge < -0.3 is 14.7 Å². The molecule has 0 fully saturated rings. The molecule has 0 aliphatic heterocycles. The summed E-state index contributed by atoms with van der Waals surface area (Å²) in [4.78, 5) is 14.5. The van der Waals surface area contributed by atoms with Gasteiger partial charge in [0, 0.05) is 27.8 Å². The fourth-order valence-corrected chi connectivity index (χ4v) is 4.33. The molecule has 174 valence electrons. The lowest BCUT2D eigenvalue weighted by Crippen LogP contribution is -2.50. The summed E-state index contributed by atoms with van der Waals surface area (Å²) in [6, 6.07) is 22.4. The first-order valence-corrected chi connectivity index (χ1v) is 11.8. The third kappa shape index (κ3) is 5.59. The molecular weight excluding hydrogens is 457 g/mol. The quantitative estimate of drug-likeness (QED) is 0.191. The number of carbonyl (C=O) groups is 1. The lowest BCUT2D eigenvalue weighted by molar-refractivity contribution is -0.165. The van der Waals surface area contributed by atoms with E-state index in [1.54, 1.807) is 17.0 Å². The number of hydrogen-bond acceptors (Lipinski definition) is 3. The highest BCUT2D eigenvalue weighted by molar-refractivity contribution is 6.30. The topological polar surface area (TPSA) is 49.8 Å². The summed E-state index contributed by atoms with van der Waals surface area (Å²) >= 11 is 12.3. The smallest absolute Gasteiger partial charge is 0.213 e. The maximum atomic E-state index is 12.8. The summed E-state index contributed by atoms with van der Waals surface area (Å²) < 4.78 is 6.66. The highest BCUT2D eigenvalue weighted by Gasteiger charge is 2.44. The Labute approximate surface area is 205 Å². The van der Waals surface area contributed by atoms with Gasteiger partial charge >= 0.3 is 0 Å². The molecule has 0 spiro atoms. The minimum atomic E-state index is -1.20. The van der Waals surface area contributed by atoms with Gasteiger partial charge in [0.25, 0.3) is 0 Å². The van der Waals surface area contributed by atoms with E-state index in [0.29, 0.717) is 29.5 Å². The Kier molecular flexibility index (Phi) is 8.93. The molecule has 2 unspecified atom stereocenters. The van der Waals surface area contributed by atoms with E-state index in [0.717, 1.165) is 28.7 Å². The highest BCUT2D eigenvalue weighted by atomic mass is 35.5. The molecule has 0 saturated carbocycles. The summed E-state index contributed by atoms with van der Waals surface area (Å²) in [5.74, 6) is 0. The SMILES string of the molecule is Cc1ccccc1C(OCCCCO)(c1ccc(Cl)cc1)N(C=O)C(C)c1ccc(Cl)cc1. The van der Waals surface area contributed by atoms with Crippen LogP contribution in [0.25, 0.3) is 0 Å². The fourth-order valence-electron chi connectivity index (χ4n) is 4.08. The average molecular weight is 486 g/mol. The van der Waals surface area contributed by atoms with Crippen LogP contribution in [0.3, 0.4) is 0 Å². The number of halogens is 2. The monoisotopic (exact) mass is 485 g/mol. The first-order chi connectivity index (χ1) is 15.9. The molecule has 0 aliphatic rings. The molecule has 3 aromatic rings. The molecule has 1 N–H and O–H groups in total. The molecular formula is C27H29Cl2NO3. The number of aliphatic hydroxyl groups is 1. The normalized spacial score (nSPS) is 13.8. The number of ether oxygens (including phenoxy) is 1. The van der Waals surface area contributed by atoms with Crippen LogP contribution in [0, 0.1) is 6.92 Å². The Morgan fingerprint density at radius 1 is 0.970 bits per heavy atom. The van der Waals surface area contributed by atoms with Crippen molar-refractivity contribution in [1.29, 1.82) is 0 Å². The summed E-state index contributed by atoms with van der Waals surface area (Å²) in [5.41, 5.74) is 2.37. The molecule has 0 bridgehead atoms. The van der Waals surface area contributed by atoms with E-state index in [2.05, 4.69) is 0 Å². The summed E-state index contributed by atoms with van der Waals surface area (Å²) in [6.07, 6.45) is 2.10. The number of nitrogens with zero attached hydrogens (tertiary/aromatic N) is 1. The van der Waals surface area contributed by atoms with Crippen LogP contribution in [0.5, 0.6) is 0 Å². The molecule has 0 radical (unpaired) electrons. The second-order valence-electron chi connectivity index (χ2n) is 7.99. The van der Waals surface area contributed by atoms with Gasteiger partial charge in [0.15, 0.2) is 5.72 Å². The lowest BCUT2D eigenvalue weighted by Gasteiger charge is -2.46. The molecule has 1 amide bonds. The van der Waals surface area contributed by atoms with Crippen molar-refractivity contribution >= 4 is 29.6 Å². The van der Waals surface area contributed by atoms with Crippen LogP contribution in [0.4, 0.5) is 0 Å². The van der Waals surface area contributed by atoms with Gasteiger partial charge in [-0.15, -0.1) is 0 Å². The zero-order valence-corrected chi connectivity index (χ0v) is 20.4. The third-order valence-electron chi connectivity index (χ3n) is 5.86. The first-order valence-electron chi connectivity index (χ1n) is 11.0. The van der Waals surface area contributed by atoms with Crippen molar-refractivity contribution in [2.45, 2.75) is 38.5 Å². The predicted molar refractivity (Wildman–Crippen MR) is 133 cm³/mol. The standard InChI is InChI=1S/C27H29Cl2NO3/c1-20-7-3-4-8-26(20)27(33-18-6-5-17-31,23-11-15-25(29)16-12-23)30(19-32)21(2)22-9-13-24(28)14-10-22/h3-4,7-16,19,21,31H,5-6,17-18H2,1-2H3. The highest BCUT2D eigenvalue weighted by Crippen LogP contribution is 2.43. The van der Waals surface area contributed by atoms with E-state index in [9.17, 15) is 9.90 Å². The fraction of sp³-hybridized carbons (Fsp3) is 0.296. The zero-order valence-electron chi connectivity index (χ0n) is 18.9. The van der Waals surface area contributed by atoms with Gasteiger partial charge in [0.05, 0.1) is 12.6 Å². The van der Waals surface area contributed by atoms with Crippen molar-refractivity contribution in [2.75, 3.05) is 13.2 Å². The molecule has 2 atom stereocenters. The minimum Gasteiger partial charge on any atom is -0.396 e. The Morgan fingerprint density at radius 2 is 1.58 bits per heavy atom. The molecule has 0 heterocycles. The predicted octanol–water partition coefficient (Wildman–Crippen LogP) is 6.51. The van der Waals surface area contributed by atoms with Gasteiger partial charge in [0.2, 0.25) is 6.41 Å². The number of rotatable bonds is 11. The van der Waals surface area contributed by atoms with Crippen molar-refractivity contribution in [3.8, 4) is 0 Å². The van der Waals surface area contributed by atoms with Crippen molar-refractivity contribution in [3.05, 3.63) is 105 Å². The van der Waals surface area contributed by atoms with E-state index in [4.69, 9.17) is 27.9 Å². The Hall–Kier alpha value is -2.37. The molecule has 33 heavy (non-hydrogen) atoms. The van der Waals surface area contributed by atoms with Crippen LogP contribution in [0.15, 0.2) is 72.8 Å². The summed E-state index contributed by atoms with van der Waals surface area (Å²) in [6.45, 7) is 4.42. The van der Waals surface area contributed by atoms with E-state index in [1.165, 1.54) is 0 Å².